The highest BCUT2D eigenvalue weighted by Crippen LogP contribution is 2.24. The molecule has 28 heavy (non-hydrogen) atoms. The molecule has 7 heteroatoms. The van der Waals surface area contributed by atoms with E-state index in [0.29, 0.717) is 17.3 Å². The van der Waals surface area contributed by atoms with E-state index in [9.17, 15) is 4.79 Å². The summed E-state index contributed by atoms with van der Waals surface area (Å²) in [5, 5.41) is 8.42. The Morgan fingerprint density at radius 2 is 1.89 bits per heavy atom. The molecule has 0 radical (unpaired) electrons. The molecule has 0 spiro atoms. The van der Waals surface area contributed by atoms with E-state index >= 15 is 0 Å². The number of carbonyl (C=O) groups excluding carboxylic acids is 1. The first kappa shape index (κ1) is 20.0. The van der Waals surface area contributed by atoms with E-state index in [-0.39, 0.29) is 11.0 Å². The summed E-state index contributed by atoms with van der Waals surface area (Å²) in [6.45, 7) is 2.79. The number of hydrogen-bond donors (Lipinski definition) is 2. The fourth-order valence-corrected chi connectivity index (χ4v) is 3.39. The third-order valence-corrected chi connectivity index (χ3v) is 4.87. The van der Waals surface area contributed by atoms with Crippen molar-refractivity contribution in [2.75, 3.05) is 11.9 Å². The van der Waals surface area contributed by atoms with Crippen molar-refractivity contribution >= 4 is 39.7 Å². The minimum absolute atomic E-state index is 0.210. The van der Waals surface area contributed by atoms with Crippen molar-refractivity contribution in [1.82, 2.24) is 10.3 Å². The van der Waals surface area contributed by atoms with Crippen LogP contribution in [0.2, 0.25) is 0 Å². The monoisotopic (exact) mass is 411 g/mol. The van der Waals surface area contributed by atoms with Crippen LogP contribution in [-0.2, 0) is 0 Å². The number of ether oxygens (including phenoxy) is 1. The second-order valence-corrected chi connectivity index (χ2v) is 7.30. The minimum Gasteiger partial charge on any atom is -0.494 e. The summed E-state index contributed by atoms with van der Waals surface area (Å²) in [5.41, 5.74) is 2.40. The molecule has 1 amide bonds. The summed E-state index contributed by atoms with van der Waals surface area (Å²) in [5.74, 6) is 0.472. The van der Waals surface area contributed by atoms with Crippen LogP contribution in [0, 0.1) is 0 Å². The highest BCUT2D eigenvalue weighted by atomic mass is 32.1. The van der Waals surface area contributed by atoms with Gasteiger partial charge in [-0.15, -0.1) is 11.3 Å². The molecule has 2 N–H and O–H groups in total. The summed E-state index contributed by atoms with van der Waals surface area (Å²) in [6, 6.07) is 16.9. The molecule has 1 aromatic heterocycles. The largest absolute Gasteiger partial charge is 0.494 e. The molecule has 0 aliphatic rings. The van der Waals surface area contributed by atoms with E-state index in [1.165, 1.54) is 11.3 Å². The Morgan fingerprint density at radius 1 is 1.14 bits per heavy atom. The lowest BCUT2D eigenvalue weighted by Gasteiger charge is -2.08. The summed E-state index contributed by atoms with van der Waals surface area (Å²) >= 11 is 6.66. The number of thiocarbonyl (C=S) groups is 1. The van der Waals surface area contributed by atoms with Crippen LogP contribution in [0.4, 0.5) is 5.13 Å². The lowest BCUT2D eigenvalue weighted by atomic mass is 10.2. The SMILES string of the molecule is CCCCOc1ccc(C(=O)NC(=S)Nc2nc(-c3ccccc3)cs2)cc1. The number of thiazole rings is 1. The van der Waals surface area contributed by atoms with Crippen LogP contribution in [0.3, 0.4) is 0 Å². The Labute approximate surface area is 173 Å². The first-order valence-corrected chi connectivity index (χ1v) is 10.3. The highest BCUT2D eigenvalue weighted by Gasteiger charge is 2.10. The first-order valence-electron chi connectivity index (χ1n) is 9.02. The van der Waals surface area contributed by atoms with Crippen LogP contribution >= 0.6 is 23.6 Å². The topological polar surface area (TPSA) is 63.2 Å². The van der Waals surface area contributed by atoms with Crippen molar-refractivity contribution in [3.05, 3.63) is 65.5 Å². The molecule has 1 heterocycles. The van der Waals surface area contributed by atoms with Gasteiger partial charge in [0, 0.05) is 16.5 Å². The van der Waals surface area contributed by atoms with Gasteiger partial charge in [0.15, 0.2) is 10.2 Å². The predicted octanol–water partition coefficient (Wildman–Crippen LogP) is 5.12. The van der Waals surface area contributed by atoms with Crippen molar-refractivity contribution in [2.45, 2.75) is 19.8 Å². The zero-order chi connectivity index (χ0) is 19.8. The maximum Gasteiger partial charge on any atom is 0.257 e. The molecule has 0 aliphatic carbocycles. The van der Waals surface area contributed by atoms with E-state index < -0.39 is 0 Å². The molecule has 0 aliphatic heterocycles. The van der Waals surface area contributed by atoms with Crippen LogP contribution in [0.1, 0.15) is 30.1 Å². The molecule has 144 valence electrons. The van der Waals surface area contributed by atoms with Crippen LogP contribution in [0.25, 0.3) is 11.3 Å². The van der Waals surface area contributed by atoms with Gasteiger partial charge < -0.3 is 10.1 Å². The Balaban J connectivity index is 1.53. The Morgan fingerprint density at radius 3 is 2.61 bits per heavy atom. The lowest BCUT2D eigenvalue weighted by Crippen LogP contribution is -2.34. The van der Waals surface area contributed by atoms with Crippen LogP contribution < -0.4 is 15.4 Å². The lowest BCUT2D eigenvalue weighted by molar-refractivity contribution is 0.0977. The van der Waals surface area contributed by atoms with E-state index in [4.69, 9.17) is 17.0 Å². The molecular weight excluding hydrogens is 390 g/mol. The number of unbranched alkanes of at least 4 members (excludes halogenated alkanes) is 1. The second kappa shape index (κ2) is 9.96. The third-order valence-electron chi connectivity index (χ3n) is 3.90. The van der Waals surface area contributed by atoms with E-state index in [2.05, 4.69) is 22.5 Å². The molecule has 3 rings (SSSR count). The zero-order valence-electron chi connectivity index (χ0n) is 15.5. The second-order valence-electron chi connectivity index (χ2n) is 6.04. The molecule has 0 atom stereocenters. The summed E-state index contributed by atoms with van der Waals surface area (Å²) in [6.07, 6.45) is 2.09. The average molecular weight is 412 g/mol. The summed E-state index contributed by atoms with van der Waals surface area (Å²) < 4.78 is 5.60. The number of amides is 1. The van der Waals surface area contributed by atoms with Gasteiger partial charge in [-0.3, -0.25) is 10.1 Å². The van der Waals surface area contributed by atoms with Crippen molar-refractivity contribution in [3.8, 4) is 17.0 Å². The number of aromatic nitrogens is 1. The maximum atomic E-state index is 12.3. The van der Waals surface area contributed by atoms with Crippen molar-refractivity contribution in [2.24, 2.45) is 0 Å². The minimum atomic E-state index is -0.280. The summed E-state index contributed by atoms with van der Waals surface area (Å²) in [7, 11) is 0. The third kappa shape index (κ3) is 5.61. The van der Waals surface area contributed by atoms with Crippen molar-refractivity contribution < 1.29 is 9.53 Å². The Kier molecular flexibility index (Phi) is 7.11. The number of nitrogens with zero attached hydrogens (tertiary/aromatic N) is 1. The fraction of sp³-hybridized carbons (Fsp3) is 0.190. The molecule has 3 aromatic rings. The normalized spacial score (nSPS) is 10.3. The van der Waals surface area contributed by atoms with Gasteiger partial charge in [-0.1, -0.05) is 43.7 Å². The van der Waals surface area contributed by atoms with Gasteiger partial charge in [-0.25, -0.2) is 4.98 Å². The quantitative estimate of drug-likeness (QED) is 0.418. The number of carbonyl (C=O) groups is 1. The van der Waals surface area contributed by atoms with Crippen LogP contribution in [0.15, 0.2) is 60.0 Å². The van der Waals surface area contributed by atoms with Gasteiger partial charge in [0.2, 0.25) is 0 Å². The van der Waals surface area contributed by atoms with E-state index in [1.54, 1.807) is 24.3 Å². The first-order chi connectivity index (χ1) is 13.7. The van der Waals surface area contributed by atoms with Gasteiger partial charge >= 0.3 is 0 Å². The predicted molar refractivity (Wildman–Crippen MR) is 118 cm³/mol. The number of benzene rings is 2. The van der Waals surface area contributed by atoms with Gasteiger partial charge in [-0.2, -0.15) is 0 Å². The van der Waals surface area contributed by atoms with Gasteiger partial charge in [-0.05, 0) is 42.9 Å². The summed E-state index contributed by atoms with van der Waals surface area (Å²) in [4.78, 5) is 16.8. The van der Waals surface area contributed by atoms with Gasteiger partial charge in [0.05, 0.1) is 12.3 Å². The molecule has 0 bridgehead atoms. The van der Waals surface area contributed by atoms with E-state index in [0.717, 1.165) is 29.8 Å². The van der Waals surface area contributed by atoms with Crippen molar-refractivity contribution in [3.63, 3.8) is 0 Å². The Bertz CT molecular complexity index is 924. The van der Waals surface area contributed by atoms with Crippen LogP contribution in [0.5, 0.6) is 5.75 Å². The van der Waals surface area contributed by atoms with Crippen LogP contribution in [-0.4, -0.2) is 22.6 Å². The smallest absolute Gasteiger partial charge is 0.257 e. The molecule has 5 nitrogen and oxygen atoms in total. The number of nitrogens with one attached hydrogen (secondary N) is 2. The number of anilines is 1. The fourth-order valence-electron chi connectivity index (χ4n) is 2.41. The maximum absolute atomic E-state index is 12.3. The highest BCUT2D eigenvalue weighted by molar-refractivity contribution is 7.80. The van der Waals surface area contributed by atoms with E-state index in [1.807, 2.05) is 35.7 Å². The molecule has 0 unspecified atom stereocenters. The van der Waals surface area contributed by atoms with Gasteiger partial charge in [0.25, 0.3) is 5.91 Å². The molecule has 0 saturated carbocycles. The molecular formula is C21H21N3O2S2. The molecule has 0 fully saturated rings. The van der Waals surface area contributed by atoms with Gasteiger partial charge in [0.1, 0.15) is 5.75 Å². The van der Waals surface area contributed by atoms with Crippen molar-refractivity contribution in [1.29, 1.82) is 0 Å². The Hall–Kier alpha value is -2.77. The average Bonchev–Trinajstić information content (AvgIpc) is 3.17. The molecule has 0 saturated heterocycles. The zero-order valence-corrected chi connectivity index (χ0v) is 17.1. The number of rotatable bonds is 7. The standard InChI is InChI=1S/C21H21N3O2S2/c1-2-3-13-26-17-11-9-16(10-12-17)19(25)23-20(27)24-21-22-18(14-28-21)15-7-5-4-6-8-15/h4-12,14H,2-3,13H2,1H3,(H2,22,23,24,25,27). The molecule has 2 aromatic carbocycles. The number of hydrogen-bond acceptors (Lipinski definition) is 5.